The van der Waals surface area contributed by atoms with Gasteiger partial charge in [-0.1, -0.05) is 37.0 Å². The number of nitrogens with two attached hydrogens (primary N) is 1. The first-order valence-corrected chi connectivity index (χ1v) is 11.7. The molecule has 2 heterocycles. The van der Waals surface area contributed by atoms with Crippen LogP contribution in [0.4, 0.5) is 15.9 Å². The quantitative estimate of drug-likeness (QED) is 0.535. The number of rotatable bonds is 6. The number of nitrogens with zero attached hydrogens (tertiary/aromatic N) is 3. The van der Waals surface area contributed by atoms with E-state index in [2.05, 4.69) is 28.9 Å². The second-order valence-electron chi connectivity index (χ2n) is 9.27. The van der Waals surface area contributed by atoms with Crippen LogP contribution in [0.3, 0.4) is 0 Å². The van der Waals surface area contributed by atoms with E-state index < -0.39 is 6.04 Å². The van der Waals surface area contributed by atoms with Crippen LogP contribution >= 0.6 is 13.5 Å². The van der Waals surface area contributed by atoms with Crippen molar-refractivity contribution in [2.45, 2.75) is 51.7 Å². The van der Waals surface area contributed by atoms with Gasteiger partial charge in [0.25, 0.3) is 0 Å². The van der Waals surface area contributed by atoms with E-state index in [1.165, 1.54) is 37.0 Å². The molecule has 6 nitrogen and oxygen atoms in total. The van der Waals surface area contributed by atoms with Gasteiger partial charge >= 0.3 is 0 Å². The minimum absolute atomic E-state index is 0. The number of nitrogens with one attached hydrogen (secondary N) is 1. The van der Waals surface area contributed by atoms with Crippen molar-refractivity contribution < 1.29 is 9.18 Å². The van der Waals surface area contributed by atoms with Crippen molar-refractivity contribution in [2.24, 2.45) is 11.7 Å². The number of halogens is 1. The summed E-state index contributed by atoms with van der Waals surface area (Å²) in [4.78, 5) is 19.7. The van der Waals surface area contributed by atoms with Gasteiger partial charge in [-0.3, -0.25) is 4.79 Å². The second kappa shape index (κ2) is 10.2. The first-order valence-electron chi connectivity index (χ1n) is 11.7. The molecule has 5 rings (SSSR count). The Morgan fingerprint density at radius 1 is 1.15 bits per heavy atom. The molecule has 0 radical (unpaired) electrons. The molecule has 0 saturated heterocycles. The Bertz CT molecular complexity index is 1140. The Morgan fingerprint density at radius 3 is 2.50 bits per heavy atom. The van der Waals surface area contributed by atoms with Crippen molar-refractivity contribution in [3.05, 3.63) is 65.7 Å². The smallest absolute Gasteiger partial charge is 0.239 e. The van der Waals surface area contributed by atoms with Gasteiger partial charge in [0.1, 0.15) is 23.2 Å². The summed E-state index contributed by atoms with van der Waals surface area (Å²) in [5.74, 6) is 1.97. The zero-order valence-corrected chi connectivity index (χ0v) is 20.4. The number of hydrogen-bond donors (Lipinski definition) is 2. The molecule has 1 atom stereocenters. The van der Waals surface area contributed by atoms with Gasteiger partial charge in [-0.05, 0) is 55.7 Å². The van der Waals surface area contributed by atoms with E-state index >= 15 is 0 Å². The minimum Gasteiger partial charge on any atom is -0.340 e. The molecule has 34 heavy (non-hydrogen) atoms. The van der Waals surface area contributed by atoms with Gasteiger partial charge in [-0.25, -0.2) is 9.37 Å². The van der Waals surface area contributed by atoms with E-state index in [4.69, 9.17) is 10.7 Å². The van der Waals surface area contributed by atoms with Gasteiger partial charge < -0.3 is 20.5 Å². The molecule has 3 N–H and O–H groups in total. The number of imidazole rings is 1. The maximum atomic E-state index is 13.6. The standard InChI is InChI=1S/C26H30FN5O.H2S/c1-17-5-11-21(12-6-17)29-25-24(19-7-9-20(27)10-8-19)30-23-16-31(13-14-32(23)25)26(33)22(28)15-18-3-2-4-18;/h5-12,18,22,29H,2-4,13-16,28H2,1H3;1H2/t22-;/m0./s1. The van der Waals surface area contributed by atoms with Crippen molar-refractivity contribution in [1.29, 1.82) is 0 Å². The number of aryl methyl sites for hydroxylation is 1. The Labute approximate surface area is 206 Å². The molecule has 8 heteroatoms. The van der Waals surface area contributed by atoms with Crippen molar-refractivity contribution in [3.63, 3.8) is 0 Å². The normalized spacial score (nSPS) is 16.3. The zero-order chi connectivity index (χ0) is 22.9. The predicted molar refractivity (Wildman–Crippen MR) is 138 cm³/mol. The molecule has 1 aromatic heterocycles. The number of benzene rings is 2. The highest BCUT2D eigenvalue weighted by Gasteiger charge is 2.31. The van der Waals surface area contributed by atoms with Crippen molar-refractivity contribution in [2.75, 3.05) is 11.9 Å². The molecule has 0 spiro atoms. The molecule has 1 fully saturated rings. The van der Waals surface area contributed by atoms with E-state index in [0.29, 0.717) is 25.6 Å². The van der Waals surface area contributed by atoms with E-state index in [-0.39, 0.29) is 25.2 Å². The summed E-state index contributed by atoms with van der Waals surface area (Å²) in [5, 5.41) is 3.51. The third kappa shape index (κ3) is 4.98. The number of carbonyl (C=O) groups excluding carboxylic acids is 1. The summed E-state index contributed by atoms with van der Waals surface area (Å²) >= 11 is 0. The molecule has 1 aliphatic heterocycles. The third-order valence-corrected chi connectivity index (χ3v) is 6.85. The highest BCUT2D eigenvalue weighted by atomic mass is 32.1. The van der Waals surface area contributed by atoms with Crippen LogP contribution in [0, 0.1) is 18.7 Å². The summed E-state index contributed by atoms with van der Waals surface area (Å²) in [6.45, 7) is 3.68. The van der Waals surface area contributed by atoms with Crippen LogP contribution in [0.2, 0.25) is 0 Å². The van der Waals surface area contributed by atoms with Gasteiger partial charge in [0.05, 0.1) is 12.6 Å². The second-order valence-corrected chi connectivity index (χ2v) is 9.27. The van der Waals surface area contributed by atoms with Crippen LogP contribution in [-0.4, -0.2) is 32.9 Å². The topological polar surface area (TPSA) is 76.2 Å². The van der Waals surface area contributed by atoms with Crippen LogP contribution in [-0.2, 0) is 17.9 Å². The maximum absolute atomic E-state index is 13.6. The van der Waals surface area contributed by atoms with E-state index in [0.717, 1.165) is 35.0 Å². The molecular formula is C26H32FN5OS. The van der Waals surface area contributed by atoms with Crippen molar-refractivity contribution in [3.8, 4) is 11.3 Å². The van der Waals surface area contributed by atoms with Crippen LogP contribution in [0.15, 0.2) is 48.5 Å². The fourth-order valence-corrected chi connectivity index (χ4v) is 4.65. The summed E-state index contributed by atoms with van der Waals surface area (Å²) in [5.41, 5.74) is 9.98. The molecule has 1 saturated carbocycles. The molecule has 0 bridgehead atoms. The third-order valence-electron chi connectivity index (χ3n) is 6.85. The number of amides is 1. The SMILES string of the molecule is Cc1ccc(Nc2c(-c3ccc(F)cc3)nc3n2CCN(C(=O)[C@@H](N)CC2CCC2)C3)cc1.S. The first kappa shape index (κ1) is 24.3. The molecule has 0 unspecified atom stereocenters. The zero-order valence-electron chi connectivity index (χ0n) is 19.4. The summed E-state index contributed by atoms with van der Waals surface area (Å²) < 4.78 is 15.7. The maximum Gasteiger partial charge on any atom is 0.239 e. The Kier molecular flexibility index (Phi) is 7.28. The van der Waals surface area contributed by atoms with Crippen LogP contribution in [0.1, 0.15) is 37.1 Å². The fourth-order valence-electron chi connectivity index (χ4n) is 4.65. The Morgan fingerprint density at radius 2 is 1.85 bits per heavy atom. The molecule has 1 amide bonds. The average Bonchev–Trinajstić information content (AvgIpc) is 3.15. The average molecular weight is 482 g/mol. The fraction of sp³-hybridized carbons (Fsp3) is 0.385. The number of aromatic nitrogens is 2. The van der Waals surface area contributed by atoms with Gasteiger partial charge in [0.15, 0.2) is 0 Å². The summed E-state index contributed by atoms with van der Waals surface area (Å²) in [7, 11) is 0. The van der Waals surface area contributed by atoms with E-state index in [1.54, 1.807) is 12.1 Å². The van der Waals surface area contributed by atoms with E-state index in [1.807, 2.05) is 17.0 Å². The van der Waals surface area contributed by atoms with Gasteiger partial charge in [-0.15, -0.1) is 0 Å². The predicted octanol–water partition coefficient (Wildman–Crippen LogP) is 4.71. The van der Waals surface area contributed by atoms with Gasteiger partial charge in [0.2, 0.25) is 5.91 Å². The first-order chi connectivity index (χ1) is 16.0. The number of carbonyl (C=O) groups is 1. The van der Waals surface area contributed by atoms with Crippen LogP contribution < -0.4 is 11.1 Å². The highest BCUT2D eigenvalue weighted by Crippen LogP contribution is 2.34. The lowest BCUT2D eigenvalue weighted by Gasteiger charge is -2.33. The molecule has 1 aliphatic carbocycles. The monoisotopic (exact) mass is 481 g/mol. The van der Waals surface area contributed by atoms with Crippen LogP contribution in [0.5, 0.6) is 0 Å². The Balaban J connectivity index is 0.00000274. The van der Waals surface area contributed by atoms with Gasteiger partial charge in [0, 0.05) is 24.3 Å². The molecular weight excluding hydrogens is 449 g/mol. The lowest BCUT2D eigenvalue weighted by Crippen LogP contribution is -2.48. The lowest BCUT2D eigenvalue weighted by molar-refractivity contribution is -0.134. The molecule has 180 valence electrons. The summed E-state index contributed by atoms with van der Waals surface area (Å²) in [6, 6.07) is 14.1. The van der Waals surface area contributed by atoms with Gasteiger partial charge in [-0.2, -0.15) is 13.5 Å². The number of hydrogen-bond acceptors (Lipinski definition) is 4. The molecule has 3 aromatic rings. The Hall–Kier alpha value is -2.84. The van der Waals surface area contributed by atoms with Crippen LogP contribution in [0.25, 0.3) is 11.3 Å². The largest absolute Gasteiger partial charge is 0.340 e. The number of fused-ring (bicyclic) bond motifs is 1. The lowest BCUT2D eigenvalue weighted by atomic mass is 9.81. The summed E-state index contributed by atoms with van der Waals surface area (Å²) in [6.07, 6.45) is 4.38. The molecule has 2 aromatic carbocycles. The number of anilines is 2. The van der Waals surface area contributed by atoms with Crippen molar-refractivity contribution in [1.82, 2.24) is 14.5 Å². The van der Waals surface area contributed by atoms with E-state index in [9.17, 15) is 9.18 Å². The molecule has 2 aliphatic rings. The minimum atomic E-state index is -0.446. The highest BCUT2D eigenvalue weighted by molar-refractivity contribution is 7.59. The van der Waals surface area contributed by atoms with Crippen molar-refractivity contribution >= 4 is 30.9 Å².